The fraction of sp³-hybridized carbons (Fsp3) is 0.273. The molecule has 5 aromatic rings. The quantitative estimate of drug-likeness (QED) is 0.0888. The number of nitrogens with zero attached hydrogens (tertiary/aromatic N) is 1. The average Bonchev–Trinajstić information content (AvgIpc) is 3.49. The molecule has 6 rings (SSSR count). The van der Waals surface area contributed by atoms with E-state index in [1.165, 1.54) is 4.90 Å². The van der Waals surface area contributed by atoms with Crippen molar-refractivity contribution in [2.24, 2.45) is 0 Å². The second-order valence-corrected chi connectivity index (χ2v) is 18.4. The van der Waals surface area contributed by atoms with Crippen molar-refractivity contribution in [3.8, 4) is 0 Å². The first kappa shape index (κ1) is 36.9. The maximum absolute atomic E-state index is 14.3. The Hall–Kier alpha value is -4.86. The van der Waals surface area contributed by atoms with Crippen molar-refractivity contribution in [1.29, 1.82) is 0 Å². The van der Waals surface area contributed by atoms with Gasteiger partial charge < -0.3 is 23.4 Å². The number of hydrogen-bond acceptors (Lipinski definition) is 6. The maximum Gasteiger partial charge on any atom is 0.411 e. The van der Waals surface area contributed by atoms with Crippen LogP contribution in [0.15, 0.2) is 152 Å². The van der Waals surface area contributed by atoms with Crippen molar-refractivity contribution in [2.45, 2.75) is 69.9 Å². The molecule has 1 amide bonds. The fourth-order valence-corrected chi connectivity index (χ4v) is 11.8. The summed E-state index contributed by atoms with van der Waals surface area (Å²) in [6.45, 7) is 7.26. The van der Waals surface area contributed by atoms with Gasteiger partial charge in [-0.15, -0.1) is 0 Å². The van der Waals surface area contributed by atoms with Crippen molar-refractivity contribution in [3.63, 3.8) is 0 Å². The number of carbonyl (C=O) groups is 2. The zero-order chi connectivity index (χ0) is 36.4. The van der Waals surface area contributed by atoms with Crippen LogP contribution in [0.4, 0.5) is 4.79 Å². The highest BCUT2D eigenvalue weighted by Gasteiger charge is 2.56. The summed E-state index contributed by atoms with van der Waals surface area (Å²) < 4.78 is 26.7. The maximum atomic E-state index is 14.3. The monoisotopic (exact) mass is 713 g/mol. The second kappa shape index (κ2) is 17.1. The molecule has 1 fully saturated rings. The highest BCUT2D eigenvalue weighted by Crippen LogP contribution is 2.39. The molecule has 0 radical (unpaired) electrons. The Morgan fingerprint density at radius 3 is 1.44 bits per heavy atom. The van der Waals surface area contributed by atoms with Gasteiger partial charge in [-0.3, -0.25) is 4.90 Å². The van der Waals surface area contributed by atoms with Crippen LogP contribution in [0.1, 0.15) is 37.5 Å². The van der Waals surface area contributed by atoms with Crippen LogP contribution in [-0.2, 0) is 43.3 Å². The summed E-state index contributed by atoms with van der Waals surface area (Å²) in [5.41, 5.74) is 2.74. The summed E-state index contributed by atoms with van der Waals surface area (Å²) in [5.74, 6) is 0. The first-order valence-electron chi connectivity index (χ1n) is 17.8. The molecule has 0 aromatic heterocycles. The minimum atomic E-state index is -3.06. The molecule has 7 nitrogen and oxygen atoms in total. The molecule has 5 aromatic carbocycles. The van der Waals surface area contributed by atoms with E-state index in [9.17, 15) is 9.59 Å². The van der Waals surface area contributed by atoms with Crippen molar-refractivity contribution in [2.75, 3.05) is 6.61 Å². The van der Waals surface area contributed by atoms with Crippen molar-refractivity contribution >= 4 is 31.1 Å². The Morgan fingerprint density at radius 2 is 1.02 bits per heavy atom. The minimum absolute atomic E-state index is 0.0507. The average molecular weight is 714 g/mol. The molecular formula is C44H47NO6Si. The van der Waals surface area contributed by atoms with Crippen molar-refractivity contribution in [1.82, 2.24) is 4.90 Å². The molecule has 0 aliphatic carbocycles. The summed E-state index contributed by atoms with van der Waals surface area (Å²) >= 11 is 0. The van der Waals surface area contributed by atoms with E-state index in [1.807, 2.05) is 127 Å². The Bertz CT molecular complexity index is 1800. The number of carbonyl (C=O) groups excluding carboxylic acids is 2. The molecule has 52 heavy (non-hydrogen) atoms. The van der Waals surface area contributed by atoms with Gasteiger partial charge in [0.05, 0.1) is 25.9 Å². The lowest BCUT2D eigenvalue weighted by molar-refractivity contribution is -0.118. The van der Waals surface area contributed by atoms with E-state index in [-0.39, 0.29) is 31.5 Å². The molecular weight excluding hydrogens is 667 g/mol. The molecule has 268 valence electrons. The first-order valence-corrected chi connectivity index (χ1v) is 19.7. The smallest absolute Gasteiger partial charge is 0.411 e. The number of rotatable bonds is 14. The van der Waals surface area contributed by atoms with E-state index in [1.54, 1.807) is 0 Å². The van der Waals surface area contributed by atoms with Crippen molar-refractivity contribution < 1.29 is 28.2 Å². The summed E-state index contributed by atoms with van der Waals surface area (Å²) in [4.78, 5) is 29.0. The van der Waals surface area contributed by atoms with Crippen LogP contribution in [0.2, 0.25) is 5.04 Å². The van der Waals surface area contributed by atoms with Gasteiger partial charge in [-0.1, -0.05) is 172 Å². The summed E-state index contributed by atoms with van der Waals surface area (Å²) in [5, 5.41) is 1.90. The highest BCUT2D eigenvalue weighted by molar-refractivity contribution is 6.99. The third-order valence-electron chi connectivity index (χ3n) is 9.73. The predicted octanol–water partition coefficient (Wildman–Crippen LogP) is 7.32. The summed E-state index contributed by atoms with van der Waals surface area (Å²) in [6.07, 6.45) is -1.36. The van der Waals surface area contributed by atoms with E-state index in [0.29, 0.717) is 0 Å². The number of ether oxygens (including phenoxy) is 3. The third-order valence-corrected chi connectivity index (χ3v) is 14.7. The molecule has 0 spiro atoms. The Kier molecular flexibility index (Phi) is 12.1. The third kappa shape index (κ3) is 8.27. The Balaban J connectivity index is 1.41. The topological polar surface area (TPSA) is 74.3 Å². The summed E-state index contributed by atoms with van der Waals surface area (Å²) in [7, 11) is -3.06. The SMILES string of the molecule is CC(C)(C)[Si](OC[C@@H]1[C@@H](OCc2ccccc2)[C@H](OCc2ccccc2)[C@H](C=O)N1C(=O)OCc1ccccc1)(c1ccccc1)c1ccccc1. The zero-order valence-corrected chi connectivity index (χ0v) is 31.0. The van der Waals surface area contributed by atoms with Gasteiger partial charge >= 0.3 is 6.09 Å². The standard InChI is InChI=1S/C44H47NO6Si/c1-44(2,3)52(37-25-15-7-16-26-37,38-27-17-8-18-28-38)51-33-40-42(49-31-35-21-11-5-12-22-35)41(48-30-34-19-9-4-10-20-34)39(29-46)45(40)43(47)50-32-36-23-13-6-14-24-36/h4-29,39-42H,30-33H2,1-3H3/t39-,40+,41+,42+/m0/s1. The predicted molar refractivity (Wildman–Crippen MR) is 206 cm³/mol. The van der Waals surface area contributed by atoms with Crippen LogP contribution < -0.4 is 10.4 Å². The number of hydrogen-bond donors (Lipinski definition) is 0. The number of aldehydes is 1. The van der Waals surface area contributed by atoms with E-state index >= 15 is 0 Å². The van der Waals surface area contributed by atoms with Gasteiger partial charge in [0.2, 0.25) is 0 Å². The van der Waals surface area contributed by atoms with Crippen molar-refractivity contribution in [3.05, 3.63) is 168 Å². The fourth-order valence-electron chi connectivity index (χ4n) is 7.22. The number of benzene rings is 5. The van der Waals surface area contributed by atoms with E-state index in [0.717, 1.165) is 33.3 Å². The second-order valence-electron chi connectivity index (χ2n) is 14.1. The highest BCUT2D eigenvalue weighted by atomic mass is 28.4. The lowest BCUT2D eigenvalue weighted by atomic mass is 10.1. The van der Waals surface area contributed by atoms with Gasteiger partial charge in [-0.2, -0.15) is 0 Å². The molecule has 0 N–H and O–H groups in total. The van der Waals surface area contributed by atoms with E-state index in [2.05, 4.69) is 45.0 Å². The molecule has 1 saturated heterocycles. The molecule has 0 unspecified atom stereocenters. The van der Waals surface area contributed by atoms with Gasteiger partial charge in [0, 0.05) is 0 Å². The van der Waals surface area contributed by atoms with Gasteiger partial charge in [-0.25, -0.2) is 4.79 Å². The molecule has 0 saturated carbocycles. The Morgan fingerprint density at radius 1 is 0.615 bits per heavy atom. The molecule has 1 heterocycles. The van der Waals surface area contributed by atoms with E-state index in [4.69, 9.17) is 18.6 Å². The van der Waals surface area contributed by atoms with Crippen LogP contribution in [-0.4, -0.2) is 56.5 Å². The lowest BCUT2D eigenvalue weighted by Gasteiger charge is -2.44. The van der Waals surface area contributed by atoms with Gasteiger partial charge in [0.15, 0.2) is 0 Å². The molecule has 4 atom stereocenters. The molecule has 1 aliphatic rings. The van der Waals surface area contributed by atoms with Crippen LogP contribution in [0, 0.1) is 0 Å². The molecule has 8 heteroatoms. The van der Waals surface area contributed by atoms with E-state index < -0.39 is 38.7 Å². The first-order chi connectivity index (χ1) is 25.3. The lowest BCUT2D eigenvalue weighted by Crippen LogP contribution is -2.67. The van der Waals surface area contributed by atoms with Crippen LogP contribution >= 0.6 is 0 Å². The Labute approximate surface area is 308 Å². The van der Waals surface area contributed by atoms with Crippen LogP contribution in [0.5, 0.6) is 0 Å². The zero-order valence-electron chi connectivity index (χ0n) is 30.0. The minimum Gasteiger partial charge on any atom is -0.445 e. The van der Waals surface area contributed by atoms with Crippen LogP contribution in [0.3, 0.4) is 0 Å². The van der Waals surface area contributed by atoms with Crippen LogP contribution in [0.25, 0.3) is 0 Å². The van der Waals surface area contributed by atoms with Gasteiger partial charge in [0.25, 0.3) is 8.32 Å². The largest absolute Gasteiger partial charge is 0.445 e. The van der Waals surface area contributed by atoms with Gasteiger partial charge in [0.1, 0.15) is 31.1 Å². The van der Waals surface area contributed by atoms with Gasteiger partial charge in [-0.05, 0) is 32.1 Å². The molecule has 0 bridgehead atoms. The normalized spacial score (nSPS) is 18.9. The number of likely N-dealkylation sites (tertiary alicyclic amines) is 1. The molecule has 1 aliphatic heterocycles. The summed E-state index contributed by atoms with van der Waals surface area (Å²) in [6, 6.07) is 48.2. The number of amides is 1.